The summed E-state index contributed by atoms with van der Waals surface area (Å²) in [7, 11) is 0. The summed E-state index contributed by atoms with van der Waals surface area (Å²) < 4.78 is 0. The van der Waals surface area contributed by atoms with Crippen molar-refractivity contribution in [3.63, 3.8) is 0 Å². The number of rotatable bonds is 5. The largest absolute Gasteiger partial charge is 0.334 e. The first-order valence-electron chi connectivity index (χ1n) is 28.4. The van der Waals surface area contributed by atoms with Crippen molar-refractivity contribution in [2.45, 2.75) is 176 Å². The Morgan fingerprint density at radius 3 is 1.80 bits per heavy atom. The topological polar surface area (TPSA) is 9.72 Å². The van der Waals surface area contributed by atoms with Gasteiger partial charge in [0.2, 0.25) is 0 Å². The third-order valence-electron chi connectivity index (χ3n) is 18.9. The summed E-state index contributed by atoms with van der Waals surface area (Å²) in [5.41, 5.74) is 28.5. The van der Waals surface area contributed by atoms with E-state index in [1.165, 1.54) is 150 Å². The first kappa shape index (κ1) is 48.9. The van der Waals surface area contributed by atoms with Crippen molar-refractivity contribution >= 4 is 68.6 Å². The van der Waals surface area contributed by atoms with Crippen molar-refractivity contribution in [2.24, 2.45) is 5.41 Å². The molecule has 0 spiro atoms. The molecular formula is C70H80BN3. The summed E-state index contributed by atoms with van der Waals surface area (Å²) in [6, 6.07) is 51.4. The zero-order valence-corrected chi connectivity index (χ0v) is 47.3. The van der Waals surface area contributed by atoms with Crippen molar-refractivity contribution < 1.29 is 0 Å². The zero-order valence-electron chi connectivity index (χ0n) is 47.3. The first-order chi connectivity index (χ1) is 35.1. The van der Waals surface area contributed by atoms with Gasteiger partial charge in [-0.2, -0.15) is 0 Å². The van der Waals surface area contributed by atoms with Gasteiger partial charge >= 0.3 is 0 Å². The van der Waals surface area contributed by atoms with Crippen LogP contribution in [-0.4, -0.2) is 12.3 Å². The van der Waals surface area contributed by atoms with E-state index in [4.69, 9.17) is 0 Å². The molecule has 3 heterocycles. The summed E-state index contributed by atoms with van der Waals surface area (Å²) in [4.78, 5) is 8.22. The second-order valence-electron chi connectivity index (χ2n) is 27.1. The highest BCUT2D eigenvalue weighted by Gasteiger charge is 2.57. The fourth-order valence-corrected chi connectivity index (χ4v) is 14.6. The van der Waals surface area contributed by atoms with E-state index in [2.05, 4.69) is 239 Å². The second-order valence-corrected chi connectivity index (χ2v) is 27.1. The molecule has 1 fully saturated rings. The van der Waals surface area contributed by atoms with E-state index < -0.39 is 0 Å². The molecule has 4 heteroatoms. The molecule has 7 aromatic carbocycles. The average Bonchev–Trinajstić information content (AvgIpc) is 3.74. The van der Waals surface area contributed by atoms with Crippen molar-refractivity contribution in [3.8, 4) is 11.1 Å². The standard InChI is InChI=1S/C70H80BN3/c1-44(2)48-24-29-60-55(37-48)69(13)32-20-15-16-21-33-70(69,14)74(60)53-27-28-56-62(41-53)72(58-30-25-51(36-46(58)4)66(5,6)7)63-34-45(3)35-64-65(63)71(56)57-38-49-42-68(11,12)43-50(49)39-61(57)73(64)59-31-26-52(67(8,9)10)40-54(59)47-22-18-17-19-23-47/h17-19,22-31,34-41,44H,15-16,20-21,32-33,42-43H2,1-14H3. The molecule has 0 saturated heterocycles. The van der Waals surface area contributed by atoms with E-state index in [1.54, 1.807) is 5.56 Å². The highest BCUT2D eigenvalue weighted by molar-refractivity contribution is 7.00. The smallest absolute Gasteiger partial charge is 0.252 e. The minimum atomic E-state index is -0.0880. The monoisotopic (exact) mass is 974 g/mol. The van der Waals surface area contributed by atoms with E-state index >= 15 is 0 Å². The third-order valence-corrected chi connectivity index (χ3v) is 18.9. The molecule has 0 amide bonds. The molecular weight excluding hydrogens is 894 g/mol. The lowest BCUT2D eigenvalue weighted by Crippen LogP contribution is -2.61. The number of nitrogens with zero attached hydrogens (tertiary/aromatic N) is 3. The van der Waals surface area contributed by atoms with Gasteiger partial charge in [-0.25, -0.2) is 0 Å². The molecule has 7 aromatic rings. The van der Waals surface area contributed by atoms with Crippen LogP contribution in [0.4, 0.5) is 45.5 Å². The van der Waals surface area contributed by atoms with E-state index in [0.717, 1.165) is 12.8 Å². The van der Waals surface area contributed by atoms with E-state index in [1.807, 2.05) is 0 Å². The van der Waals surface area contributed by atoms with Crippen LogP contribution in [0.1, 0.15) is 172 Å². The average molecular weight is 974 g/mol. The van der Waals surface area contributed by atoms with Crippen LogP contribution < -0.4 is 31.1 Å². The predicted octanol–water partition coefficient (Wildman–Crippen LogP) is 17.4. The predicted molar refractivity (Wildman–Crippen MR) is 320 cm³/mol. The molecule has 2 atom stereocenters. The maximum Gasteiger partial charge on any atom is 0.252 e. The van der Waals surface area contributed by atoms with Gasteiger partial charge in [0.25, 0.3) is 6.71 Å². The number of benzene rings is 7. The highest BCUT2D eigenvalue weighted by Crippen LogP contribution is 2.61. The number of anilines is 8. The number of hydrogen-bond donors (Lipinski definition) is 0. The molecule has 3 aliphatic heterocycles. The summed E-state index contributed by atoms with van der Waals surface area (Å²) in [5, 5.41) is 0. The van der Waals surface area contributed by atoms with Gasteiger partial charge in [0.15, 0.2) is 0 Å². The maximum atomic E-state index is 2.83. The van der Waals surface area contributed by atoms with Crippen LogP contribution in [0.15, 0.2) is 127 Å². The number of aryl methyl sites for hydroxylation is 2. The van der Waals surface area contributed by atoms with E-state index in [9.17, 15) is 0 Å². The number of hydrogen-bond acceptors (Lipinski definition) is 3. The van der Waals surface area contributed by atoms with Gasteiger partial charge in [-0.15, -0.1) is 0 Å². The fourth-order valence-electron chi connectivity index (χ4n) is 14.6. The van der Waals surface area contributed by atoms with Crippen molar-refractivity contribution in [3.05, 3.63) is 172 Å². The summed E-state index contributed by atoms with van der Waals surface area (Å²) in [5.74, 6) is 0.478. The van der Waals surface area contributed by atoms with Crippen LogP contribution in [0, 0.1) is 19.3 Å². The Balaban J connectivity index is 1.15. The highest BCUT2D eigenvalue weighted by atomic mass is 15.3. The molecule has 3 nitrogen and oxygen atoms in total. The van der Waals surface area contributed by atoms with Gasteiger partial charge in [0.1, 0.15) is 0 Å². The van der Waals surface area contributed by atoms with Crippen LogP contribution in [0.2, 0.25) is 0 Å². The fraction of sp³-hybridized carbons (Fsp3) is 0.400. The van der Waals surface area contributed by atoms with Crippen LogP contribution in [0.25, 0.3) is 11.1 Å². The van der Waals surface area contributed by atoms with Crippen LogP contribution in [0.3, 0.4) is 0 Å². The third kappa shape index (κ3) is 7.57. The molecule has 378 valence electrons. The molecule has 0 N–H and O–H groups in total. The van der Waals surface area contributed by atoms with Crippen molar-refractivity contribution in [1.82, 2.24) is 0 Å². The molecule has 12 rings (SSSR count). The van der Waals surface area contributed by atoms with Crippen molar-refractivity contribution in [1.29, 1.82) is 0 Å². The number of fused-ring (bicyclic) bond motifs is 8. The second kappa shape index (κ2) is 17.0. The minimum Gasteiger partial charge on any atom is -0.334 e. The lowest BCUT2D eigenvalue weighted by atomic mass is 9.33. The van der Waals surface area contributed by atoms with Crippen LogP contribution in [0.5, 0.6) is 0 Å². The summed E-state index contributed by atoms with van der Waals surface area (Å²) >= 11 is 0. The van der Waals surface area contributed by atoms with Crippen LogP contribution >= 0.6 is 0 Å². The molecule has 0 radical (unpaired) electrons. The SMILES string of the molecule is Cc1cc2c3c(c1)N(c1ccc(C(C)(C)C)cc1-c1ccccc1)c1cc4c(cc1B3c1ccc(N3c5ccc(C(C)C)cc5C5(C)CCCCCCC35C)cc1N2c1ccc(C(C)(C)C)cc1C)CC(C)(C)C4. The summed E-state index contributed by atoms with van der Waals surface area (Å²) in [6.07, 6.45) is 9.71. The van der Waals surface area contributed by atoms with Gasteiger partial charge in [-0.05, 0) is 190 Å². The van der Waals surface area contributed by atoms with Gasteiger partial charge in [0, 0.05) is 50.8 Å². The van der Waals surface area contributed by atoms with Crippen LogP contribution in [-0.2, 0) is 29.1 Å². The van der Waals surface area contributed by atoms with Gasteiger partial charge in [0.05, 0.1) is 11.2 Å². The quantitative estimate of drug-likeness (QED) is 0.159. The van der Waals surface area contributed by atoms with Gasteiger partial charge < -0.3 is 14.7 Å². The zero-order chi connectivity index (χ0) is 52.0. The molecule has 2 unspecified atom stereocenters. The first-order valence-corrected chi connectivity index (χ1v) is 28.4. The molecule has 5 aliphatic rings. The Labute approximate surface area is 445 Å². The Hall–Kier alpha value is -6.00. The van der Waals surface area contributed by atoms with Crippen molar-refractivity contribution in [2.75, 3.05) is 14.7 Å². The lowest BCUT2D eigenvalue weighted by molar-refractivity contribution is 0.217. The Kier molecular flexibility index (Phi) is 11.2. The molecule has 1 saturated carbocycles. The molecule has 0 bridgehead atoms. The van der Waals surface area contributed by atoms with Gasteiger partial charge in [-0.1, -0.05) is 175 Å². The molecule has 2 aliphatic carbocycles. The minimum absolute atomic E-state index is 0.00887. The normalized spacial score (nSPS) is 20.6. The Bertz CT molecular complexity index is 3400. The van der Waals surface area contributed by atoms with E-state index in [-0.39, 0.29) is 33.9 Å². The molecule has 74 heavy (non-hydrogen) atoms. The molecule has 0 aromatic heterocycles. The Morgan fingerprint density at radius 1 is 0.527 bits per heavy atom. The maximum absolute atomic E-state index is 2.83. The summed E-state index contributed by atoms with van der Waals surface area (Å²) in [6.45, 7) is 33.6. The lowest BCUT2D eigenvalue weighted by Gasteiger charge is -2.49. The Morgan fingerprint density at radius 2 is 1.14 bits per heavy atom. The van der Waals surface area contributed by atoms with E-state index in [0.29, 0.717) is 5.92 Å². The van der Waals surface area contributed by atoms with Gasteiger partial charge in [-0.3, -0.25) is 0 Å².